The number of methoxy groups -OCH3 is 1. The van der Waals surface area contributed by atoms with Crippen molar-refractivity contribution in [1.29, 1.82) is 0 Å². The molecule has 6 nitrogen and oxygen atoms in total. The van der Waals surface area contributed by atoms with Gasteiger partial charge < -0.3 is 10.5 Å². The highest BCUT2D eigenvalue weighted by Gasteiger charge is 2.07. The Hall–Kier alpha value is -1.95. The Labute approximate surface area is 93.1 Å². The highest BCUT2D eigenvalue weighted by atomic mass is 16.5. The monoisotopic (exact) mass is 219 g/mol. The Balaban J connectivity index is 2.45. The molecule has 0 aliphatic heterocycles. The van der Waals surface area contributed by atoms with Gasteiger partial charge in [0.15, 0.2) is 5.82 Å². The molecular weight excluding hydrogens is 206 g/mol. The topological polar surface area (TPSA) is 78.9 Å². The van der Waals surface area contributed by atoms with Crippen molar-refractivity contribution in [2.75, 3.05) is 12.8 Å². The number of nitrogens with two attached hydrogens (primary N) is 1. The largest absolute Gasteiger partial charge is 0.384 e. The second-order valence-electron chi connectivity index (χ2n) is 3.37. The van der Waals surface area contributed by atoms with Crippen LogP contribution in [0.4, 0.5) is 5.82 Å². The molecular formula is C10H13N5O. The summed E-state index contributed by atoms with van der Waals surface area (Å²) in [5, 5.41) is 4.08. The maximum Gasteiger partial charge on any atom is 0.157 e. The van der Waals surface area contributed by atoms with Crippen LogP contribution in [0.5, 0.6) is 0 Å². The van der Waals surface area contributed by atoms with E-state index in [0.717, 1.165) is 11.4 Å². The van der Waals surface area contributed by atoms with Crippen molar-refractivity contribution in [3.63, 3.8) is 0 Å². The normalized spacial score (nSPS) is 10.6. The van der Waals surface area contributed by atoms with Crippen molar-refractivity contribution in [3.05, 3.63) is 24.2 Å². The summed E-state index contributed by atoms with van der Waals surface area (Å²) >= 11 is 0. The zero-order chi connectivity index (χ0) is 11.5. The molecule has 2 aromatic rings. The minimum Gasteiger partial charge on any atom is -0.384 e. The predicted molar refractivity (Wildman–Crippen MR) is 59.4 cm³/mol. The second kappa shape index (κ2) is 4.28. The number of aryl methyl sites for hydroxylation is 1. The van der Waals surface area contributed by atoms with Gasteiger partial charge in [0.25, 0.3) is 0 Å². The summed E-state index contributed by atoms with van der Waals surface area (Å²) in [6, 6.07) is 3.59. The highest BCUT2D eigenvalue weighted by Crippen LogP contribution is 2.17. The van der Waals surface area contributed by atoms with Gasteiger partial charge in [-0.15, -0.1) is 0 Å². The molecule has 0 saturated heterocycles. The molecule has 2 N–H and O–H groups in total. The SMILES string of the molecule is COCc1nc(N)cc(-c2ccnn2C)n1. The Bertz CT molecular complexity index is 494. The van der Waals surface area contributed by atoms with Gasteiger partial charge in [-0.25, -0.2) is 9.97 Å². The van der Waals surface area contributed by atoms with Gasteiger partial charge in [0.2, 0.25) is 0 Å². The fourth-order valence-corrected chi connectivity index (χ4v) is 1.47. The molecule has 0 radical (unpaired) electrons. The van der Waals surface area contributed by atoms with Crippen LogP contribution in [0.2, 0.25) is 0 Å². The van der Waals surface area contributed by atoms with Gasteiger partial charge in [-0.1, -0.05) is 0 Å². The smallest absolute Gasteiger partial charge is 0.157 e. The van der Waals surface area contributed by atoms with Crippen LogP contribution in [0.15, 0.2) is 18.3 Å². The van der Waals surface area contributed by atoms with E-state index in [0.29, 0.717) is 18.2 Å². The molecule has 0 spiro atoms. The quantitative estimate of drug-likeness (QED) is 0.818. The summed E-state index contributed by atoms with van der Waals surface area (Å²) < 4.78 is 6.72. The number of hydrogen-bond donors (Lipinski definition) is 1. The number of aromatic nitrogens is 4. The highest BCUT2D eigenvalue weighted by molar-refractivity contribution is 5.57. The van der Waals surface area contributed by atoms with E-state index >= 15 is 0 Å². The molecule has 6 heteroatoms. The molecule has 84 valence electrons. The Kier molecular flexibility index (Phi) is 2.82. The summed E-state index contributed by atoms with van der Waals surface area (Å²) in [5.74, 6) is 0.997. The van der Waals surface area contributed by atoms with Gasteiger partial charge in [0.1, 0.15) is 12.4 Å². The summed E-state index contributed by atoms with van der Waals surface area (Å²) in [6.07, 6.45) is 1.71. The number of rotatable bonds is 3. The number of hydrogen-bond acceptors (Lipinski definition) is 5. The lowest BCUT2D eigenvalue weighted by Gasteiger charge is -2.05. The predicted octanol–water partition coefficient (Wildman–Crippen LogP) is 0.606. The van der Waals surface area contributed by atoms with Crippen LogP contribution in [-0.2, 0) is 18.4 Å². The van der Waals surface area contributed by atoms with E-state index in [1.807, 2.05) is 13.1 Å². The maximum atomic E-state index is 5.71. The van der Waals surface area contributed by atoms with Crippen LogP contribution in [-0.4, -0.2) is 26.9 Å². The van der Waals surface area contributed by atoms with Crippen LogP contribution < -0.4 is 5.73 Å². The van der Waals surface area contributed by atoms with Gasteiger partial charge in [-0.05, 0) is 6.07 Å². The molecule has 0 saturated carbocycles. The first-order chi connectivity index (χ1) is 7.70. The molecule has 0 aliphatic carbocycles. The molecule has 0 unspecified atom stereocenters. The maximum absolute atomic E-state index is 5.71. The Morgan fingerprint density at radius 1 is 1.44 bits per heavy atom. The summed E-state index contributed by atoms with van der Waals surface area (Å²) in [4.78, 5) is 8.42. The molecule has 0 bridgehead atoms. The van der Waals surface area contributed by atoms with E-state index in [9.17, 15) is 0 Å². The fourth-order valence-electron chi connectivity index (χ4n) is 1.47. The molecule has 0 aromatic carbocycles. The second-order valence-corrected chi connectivity index (χ2v) is 3.37. The standard InChI is InChI=1S/C10H13N5O/c1-15-8(3-4-12-15)7-5-9(11)14-10(13-7)6-16-2/h3-5H,6H2,1-2H3,(H2,11,13,14). The molecule has 2 aromatic heterocycles. The number of ether oxygens (including phenoxy) is 1. The average Bonchev–Trinajstić information content (AvgIpc) is 2.64. The summed E-state index contributed by atoms with van der Waals surface area (Å²) in [7, 11) is 3.44. The third-order valence-corrected chi connectivity index (χ3v) is 2.15. The Morgan fingerprint density at radius 2 is 2.25 bits per heavy atom. The molecule has 0 aliphatic rings. The van der Waals surface area contributed by atoms with Crippen molar-refractivity contribution < 1.29 is 4.74 Å². The van der Waals surface area contributed by atoms with Crippen LogP contribution in [0.3, 0.4) is 0 Å². The fraction of sp³-hybridized carbons (Fsp3) is 0.300. The van der Waals surface area contributed by atoms with Crippen molar-refractivity contribution >= 4 is 5.82 Å². The average molecular weight is 219 g/mol. The van der Waals surface area contributed by atoms with Crippen LogP contribution in [0.1, 0.15) is 5.82 Å². The van der Waals surface area contributed by atoms with Crippen molar-refractivity contribution in [2.24, 2.45) is 7.05 Å². The molecule has 0 amide bonds. The van der Waals surface area contributed by atoms with E-state index in [1.165, 1.54) is 0 Å². The van der Waals surface area contributed by atoms with Crippen molar-refractivity contribution in [3.8, 4) is 11.4 Å². The minimum atomic E-state index is 0.343. The van der Waals surface area contributed by atoms with Gasteiger partial charge in [0.05, 0.1) is 11.4 Å². The third kappa shape index (κ3) is 2.01. The van der Waals surface area contributed by atoms with Crippen LogP contribution in [0.25, 0.3) is 11.4 Å². The zero-order valence-corrected chi connectivity index (χ0v) is 9.21. The first-order valence-electron chi connectivity index (χ1n) is 4.81. The van der Waals surface area contributed by atoms with Gasteiger partial charge in [-0.3, -0.25) is 4.68 Å². The van der Waals surface area contributed by atoms with E-state index in [2.05, 4.69) is 15.1 Å². The summed E-state index contributed by atoms with van der Waals surface area (Å²) in [5.41, 5.74) is 7.35. The third-order valence-electron chi connectivity index (χ3n) is 2.15. The molecule has 0 fully saturated rings. The minimum absolute atomic E-state index is 0.343. The van der Waals surface area contributed by atoms with Gasteiger partial charge >= 0.3 is 0 Å². The molecule has 2 heterocycles. The lowest BCUT2D eigenvalue weighted by molar-refractivity contribution is 0.178. The van der Waals surface area contributed by atoms with Gasteiger partial charge in [0, 0.05) is 26.4 Å². The molecule has 2 rings (SSSR count). The first-order valence-corrected chi connectivity index (χ1v) is 4.81. The molecule has 0 atom stereocenters. The molecule has 16 heavy (non-hydrogen) atoms. The number of nitrogens with zero attached hydrogens (tertiary/aromatic N) is 4. The van der Waals surface area contributed by atoms with E-state index in [1.54, 1.807) is 24.1 Å². The number of nitrogen functional groups attached to an aromatic ring is 1. The van der Waals surface area contributed by atoms with E-state index in [4.69, 9.17) is 10.5 Å². The first kappa shape index (κ1) is 10.6. The van der Waals surface area contributed by atoms with Crippen LogP contribution >= 0.6 is 0 Å². The zero-order valence-electron chi connectivity index (χ0n) is 9.21. The van der Waals surface area contributed by atoms with E-state index in [-0.39, 0.29) is 0 Å². The Morgan fingerprint density at radius 3 is 2.88 bits per heavy atom. The van der Waals surface area contributed by atoms with Crippen molar-refractivity contribution in [2.45, 2.75) is 6.61 Å². The van der Waals surface area contributed by atoms with Crippen LogP contribution in [0, 0.1) is 0 Å². The van der Waals surface area contributed by atoms with Crippen molar-refractivity contribution in [1.82, 2.24) is 19.7 Å². The lowest BCUT2D eigenvalue weighted by Crippen LogP contribution is -2.04. The van der Waals surface area contributed by atoms with Gasteiger partial charge in [-0.2, -0.15) is 5.10 Å². The number of anilines is 1. The lowest BCUT2D eigenvalue weighted by atomic mass is 10.3. The van der Waals surface area contributed by atoms with E-state index < -0.39 is 0 Å². The summed E-state index contributed by atoms with van der Waals surface area (Å²) in [6.45, 7) is 0.343.